The normalized spacial score (nSPS) is 16.4. The fourth-order valence-electron chi connectivity index (χ4n) is 7.11. The predicted molar refractivity (Wildman–Crippen MR) is 224 cm³/mol. The molecule has 2 amide bonds. The molecule has 59 heavy (non-hydrogen) atoms. The lowest BCUT2D eigenvalue weighted by Gasteiger charge is -2.38. The summed E-state index contributed by atoms with van der Waals surface area (Å²) in [6.07, 6.45) is 0.802. The van der Waals surface area contributed by atoms with Gasteiger partial charge < -0.3 is 29.4 Å². The van der Waals surface area contributed by atoms with Crippen LogP contribution in [-0.2, 0) is 40.3 Å². The molecule has 1 aromatic heterocycles. The van der Waals surface area contributed by atoms with Gasteiger partial charge in [-0.15, -0.1) is 0 Å². The third kappa shape index (κ3) is 9.75. The Hall–Kier alpha value is -5.78. The Morgan fingerprint density at radius 2 is 1.63 bits per heavy atom. The maximum atomic E-state index is 14.0. The highest BCUT2D eigenvalue weighted by molar-refractivity contribution is 6.42. The maximum Gasteiger partial charge on any atom is 0.411 e. The molecule has 7 rings (SSSR count). The van der Waals surface area contributed by atoms with Crippen LogP contribution in [0.15, 0.2) is 91.1 Å². The molecule has 4 aromatic carbocycles. The van der Waals surface area contributed by atoms with Gasteiger partial charge in [-0.2, -0.15) is 0 Å². The van der Waals surface area contributed by atoms with Crippen LogP contribution >= 0.6 is 23.2 Å². The molecular formula is C46H45Cl2N3O8. The molecule has 0 saturated carbocycles. The zero-order chi connectivity index (χ0) is 42.0. The second-order valence-electron chi connectivity index (χ2n) is 15.8. The fourth-order valence-corrected chi connectivity index (χ4v) is 7.43. The molecule has 0 saturated heterocycles. The van der Waals surface area contributed by atoms with Crippen molar-refractivity contribution in [2.24, 2.45) is 0 Å². The van der Waals surface area contributed by atoms with E-state index in [1.165, 1.54) is 4.90 Å². The van der Waals surface area contributed by atoms with Crippen LogP contribution in [0.5, 0.6) is 17.2 Å². The maximum absolute atomic E-state index is 14.0. The van der Waals surface area contributed by atoms with Crippen LogP contribution in [0.2, 0.25) is 10.0 Å². The Morgan fingerprint density at radius 1 is 0.915 bits per heavy atom. The van der Waals surface area contributed by atoms with Crippen molar-refractivity contribution in [1.82, 2.24) is 15.2 Å². The molecular weight excluding hydrogens is 793 g/mol. The first-order chi connectivity index (χ1) is 28.1. The van der Waals surface area contributed by atoms with Gasteiger partial charge in [0.2, 0.25) is 5.91 Å². The van der Waals surface area contributed by atoms with Crippen molar-refractivity contribution in [2.45, 2.75) is 84.4 Å². The molecule has 3 heterocycles. The monoisotopic (exact) mass is 837 g/mol. The van der Waals surface area contributed by atoms with Gasteiger partial charge in [-0.1, -0.05) is 65.7 Å². The number of aliphatic carboxylic acids is 1. The first-order valence-corrected chi connectivity index (χ1v) is 20.0. The van der Waals surface area contributed by atoms with E-state index in [1.807, 2.05) is 86.6 Å². The van der Waals surface area contributed by atoms with Crippen molar-refractivity contribution in [1.29, 1.82) is 0 Å². The van der Waals surface area contributed by atoms with Gasteiger partial charge in [-0.3, -0.25) is 14.7 Å². The van der Waals surface area contributed by atoms with Gasteiger partial charge >= 0.3 is 12.1 Å². The largest absolute Gasteiger partial charge is 0.489 e. The van der Waals surface area contributed by atoms with Crippen LogP contribution in [0.3, 0.4) is 0 Å². The number of nitrogens with one attached hydrogen (secondary N) is 1. The van der Waals surface area contributed by atoms with E-state index < -0.39 is 41.8 Å². The highest BCUT2D eigenvalue weighted by atomic mass is 35.5. The molecule has 0 fully saturated rings. The summed E-state index contributed by atoms with van der Waals surface area (Å²) in [5.41, 5.74) is 7.20. The van der Waals surface area contributed by atoms with Crippen molar-refractivity contribution in [3.05, 3.63) is 140 Å². The van der Waals surface area contributed by atoms with Gasteiger partial charge in [0.1, 0.15) is 36.6 Å². The van der Waals surface area contributed by atoms with E-state index in [1.54, 1.807) is 39.1 Å². The smallest absolute Gasteiger partial charge is 0.411 e. The van der Waals surface area contributed by atoms with Gasteiger partial charge in [0.25, 0.3) is 0 Å². The third-order valence-electron chi connectivity index (χ3n) is 10.4. The minimum absolute atomic E-state index is 0.0294. The Labute approximate surface area is 353 Å². The number of ether oxygens (including phenoxy) is 4. The van der Waals surface area contributed by atoms with Gasteiger partial charge in [0.05, 0.1) is 16.6 Å². The molecule has 3 atom stereocenters. The molecule has 0 spiro atoms. The van der Waals surface area contributed by atoms with Gasteiger partial charge in [-0.25, -0.2) is 9.59 Å². The number of aryl methyl sites for hydroxylation is 1. The quantitative estimate of drug-likeness (QED) is 0.141. The summed E-state index contributed by atoms with van der Waals surface area (Å²) < 4.78 is 24.3. The molecule has 306 valence electrons. The molecule has 0 radical (unpaired) electrons. The lowest BCUT2D eigenvalue weighted by molar-refractivity contribution is -0.142. The first-order valence-electron chi connectivity index (χ1n) is 19.3. The van der Waals surface area contributed by atoms with Gasteiger partial charge in [0.15, 0.2) is 17.6 Å². The molecule has 3 unspecified atom stereocenters. The number of carboxylic acids is 1. The molecule has 2 N–H and O–H groups in total. The standard InChI is InChI=1S/C46H45Cl2N3O8/c1-26-27(2)49-17-16-35(26)30-9-6-28(7-10-30)19-38(44(53)54)50-43(52)39-20-32-21-40-41(22-33(32)23-51(39)45(55)59-46(3,4)5)58-42(25-57-40)31-11-13-34(14-12-31)56-24-29-8-15-36(47)37(48)18-29/h6-18,21-22,38-39,42H,19-20,23-25H2,1-5H3,(H,50,52)(H,53,54). The van der Waals surface area contributed by atoms with Crippen molar-refractivity contribution in [3.63, 3.8) is 0 Å². The lowest BCUT2D eigenvalue weighted by atomic mass is 9.92. The summed E-state index contributed by atoms with van der Waals surface area (Å²) in [4.78, 5) is 45.9. The second kappa shape index (κ2) is 17.2. The van der Waals surface area contributed by atoms with Gasteiger partial charge in [-0.05, 0) is 122 Å². The van der Waals surface area contributed by atoms with E-state index in [0.717, 1.165) is 50.2 Å². The number of benzene rings is 4. The summed E-state index contributed by atoms with van der Waals surface area (Å²) in [5, 5.41) is 13.9. The molecule has 2 aliphatic rings. The SMILES string of the molecule is Cc1nccc(-c2ccc(CC(NC(=O)C3Cc4cc5c(cc4CN3C(=O)OC(C)(C)C)OC(c3ccc(OCc4ccc(Cl)c(Cl)c4)cc3)CO5)C(=O)O)cc2)c1C. The van der Waals surface area contributed by atoms with E-state index in [2.05, 4.69) is 10.3 Å². The Morgan fingerprint density at radius 3 is 2.32 bits per heavy atom. The minimum atomic E-state index is -1.25. The lowest BCUT2D eigenvalue weighted by Crippen LogP contribution is -2.56. The molecule has 11 nitrogen and oxygen atoms in total. The number of nitrogens with zero attached hydrogens (tertiary/aromatic N) is 2. The number of rotatable bonds is 10. The first kappa shape index (κ1) is 41.4. The van der Waals surface area contributed by atoms with Crippen LogP contribution in [-0.4, -0.2) is 57.3 Å². The second-order valence-corrected chi connectivity index (χ2v) is 16.6. The molecule has 13 heteroatoms. The molecule has 0 bridgehead atoms. The van der Waals surface area contributed by atoms with Crippen molar-refractivity contribution >= 4 is 41.2 Å². The van der Waals surface area contributed by atoms with Gasteiger partial charge in [0, 0.05) is 24.7 Å². The average molecular weight is 839 g/mol. The van der Waals surface area contributed by atoms with Crippen molar-refractivity contribution in [2.75, 3.05) is 6.61 Å². The predicted octanol–water partition coefficient (Wildman–Crippen LogP) is 9.24. The zero-order valence-corrected chi connectivity index (χ0v) is 34.9. The van der Waals surface area contributed by atoms with Crippen LogP contribution < -0.4 is 19.5 Å². The molecule has 2 aliphatic heterocycles. The van der Waals surface area contributed by atoms with Crippen molar-refractivity contribution < 1.29 is 38.4 Å². The fraction of sp³-hybridized carbons (Fsp3) is 0.304. The summed E-state index contributed by atoms with van der Waals surface area (Å²) in [6, 6.07) is 23.8. The Bertz CT molecular complexity index is 2380. The number of pyridine rings is 1. The summed E-state index contributed by atoms with van der Waals surface area (Å²) in [7, 11) is 0. The van der Waals surface area contributed by atoms with E-state index in [4.69, 9.17) is 42.1 Å². The summed E-state index contributed by atoms with van der Waals surface area (Å²) in [5.74, 6) is -0.119. The minimum Gasteiger partial charge on any atom is -0.489 e. The van der Waals surface area contributed by atoms with Crippen molar-refractivity contribution in [3.8, 4) is 28.4 Å². The molecule has 0 aliphatic carbocycles. The van der Waals surface area contributed by atoms with E-state index >= 15 is 0 Å². The third-order valence-corrected chi connectivity index (χ3v) is 11.1. The number of hydrogen-bond donors (Lipinski definition) is 2. The van der Waals surface area contributed by atoms with Crippen LogP contribution in [0.4, 0.5) is 4.79 Å². The number of fused-ring (bicyclic) bond motifs is 2. The zero-order valence-electron chi connectivity index (χ0n) is 33.4. The number of carboxylic acid groups (broad SMARTS) is 1. The van der Waals surface area contributed by atoms with Crippen LogP contribution in [0, 0.1) is 13.8 Å². The number of aromatic nitrogens is 1. The number of carbonyl (C=O) groups is 3. The summed E-state index contributed by atoms with van der Waals surface area (Å²) >= 11 is 12.2. The number of amides is 2. The number of hydrogen-bond acceptors (Lipinski definition) is 8. The van der Waals surface area contributed by atoms with Crippen LogP contribution in [0.1, 0.15) is 65.9 Å². The Kier molecular flexibility index (Phi) is 12.1. The number of carbonyl (C=O) groups excluding carboxylic acids is 2. The van der Waals surface area contributed by atoms with E-state index in [0.29, 0.717) is 33.9 Å². The van der Waals surface area contributed by atoms with Crippen LogP contribution in [0.25, 0.3) is 11.1 Å². The highest BCUT2D eigenvalue weighted by Crippen LogP contribution is 2.41. The molecule has 5 aromatic rings. The highest BCUT2D eigenvalue weighted by Gasteiger charge is 2.39. The van der Waals surface area contributed by atoms with E-state index in [9.17, 15) is 19.5 Å². The summed E-state index contributed by atoms with van der Waals surface area (Å²) in [6.45, 7) is 9.80. The van der Waals surface area contributed by atoms with E-state index in [-0.39, 0.29) is 26.0 Å². The Balaban J connectivity index is 1.05. The topological polar surface area (TPSA) is 137 Å². The number of halogens is 2. The average Bonchev–Trinajstić information content (AvgIpc) is 3.20.